The van der Waals surface area contributed by atoms with Crippen LogP contribution in [-0.4, -0.2) is 38.0 Å². The highest BCUT2D eigenvalue weighted by atomic mass is 16.6. The molecule has 6 nitrogen and oxygen atoms in total. The van der Waals surface area contributed by atoms with Gasteiger partial charge in [-0.15, -0.1) is 0 Å². The lowest BCUT2D eigenvalue weighted by Gasteiger charge is -2.19. The quantitative estimate of drug-likeness (QED) is 0.439. The van der Waals surface area contributed by atoms with E-state index in [1.54, 1.807) is 13.2 Å². The average Bonchev–Trinajstić information content (AvgIpc) is 2.34. The molecule has 1 aromatic carbocycles. The van der Waals surface area contributed by atoms with Crippen LogP contribution in [0.1, 0.15) is 17.3 Å². The number of carbonyl (C=O) groups is 1. The predicted molar refractivity (Wildman–Crippen MR) is 68.2 cm³/mol. The topological polar surface area (TPSA) is 72.7 Å². The fourth-order valence-electron chi connectivity index (χ4n) is 1.56. The molecule has 18 heavy (non-hydrogen) atoms. The molecule has 1 rings (SSSR count). The van der Waals surface area contributed by atoms with Gasteiger partial charge in [-0.3, -0.25) is 14.9 Å². The molecule has 98 valence electrons. The van der Waals surface area contributed by atoms with Crippen molar-refractivity contribution in [3.8, 4) is 0 Å². The highest BCUT2D eigenvalue weighted by Gasteiger charge is 2.18. The molecule has 0 aliphatic carbocycles. The van der Waals surface area contributed by atoms with Crippen molar-refractivity contribution in [1.82, 2.24) is 0 Å². The first-order valence-electron chi connectivity index (χ1n) is 5.46. The molecule has 0 atom stereocenters. The molecule has 0 saturated heterocycles. The summed E-state index contributed by atoms with van der Waals surface area (Å²) in [6.07, 6.45) is 0. The number of methoxy groups -OCH3 is 1. The van der Waals surface area contributed by atoms with Crippen LogP contribution in [0.2, 0.25) is 0 Å². The number of nitrogens with zero attached hydrogens (tertiary/aromatic N) is 2. The molecule has 0 bridgehead atoms. The summed E-state index contributed by atoms with van der Waals surface area (Å²) in [6.45, 7) is 2.51. The Balaban J connectivity index is 3.07. The van der Waals surface area contributed by atoms with E-state index in [-0.39, 0.29) is 17.0 Å². The van der Waals surface area contributed by atoms with E-state index >= 15 is 0 Å². The van der Waals surface area contributed by atoms with Crippen molar-refractivity contribution < 1.29 is 14.5 Å². The number of anilines is 1. The number of ketones is 1. The van der Waals surface area contributed by atoms with E-state index in [1.165, 1.54) is 19.1 Å². The van der Waals surface area contributed by atoms with E-state index in [0.29, 0.717) is 13.2 Å². The average molecular weight is 252 g/mol. The van der Waals surface area contributed by atoms with Crippen molar-refractivity contribution in [2.75, 3.05) is 32.2 Å². The summed E-state index contributed by atoms with van der Waals surface area (Å²) in [5.41, 5.74) is 0.719. The van der Waals surface area contributed by atoms with Crippen LogP contribution in [0, 0.1) is 10.1 Å². The Morgan fingerprint density at radius 2 is 2.17 bits per heavy atom. The number of rotatable bonds is 6. The van der Waals surface area contributed by atoms with Crippen LogP contribution in [0.4, 0.5) is 11.4 Å². The monoisotopic (exact) mass is 252 g/mol. The van der Waals surface area contributed by atoms with Crippen molar-refractivity contribution in [3.05, 3.63) is 33.9 Å². The van der Waals surface area contributed by atoms with Gasteiger partial charge in [-0.25, -0.2) is 0 Å². The van der Waals surface area contributed by atoms with E-state index in [9.17, 15) is 14.9 Å². The second kappa shape index (κ2) is 6.11. The van der Waals surface area contributed by atoms with Gasteiger partial charge in [0, 0.05) is 32.5 Å². The number of ether oxygens (including phenoxy) is 1. The maximum atomic E-state index is 11.4. The minimum atomic E-state index is -0.546. The molecule has 1 aromatic rings. The molecule has 0 aromatic heterocycles. The van der Waals surface area contributed by atoms with Crippen LogP contribution in [0.15, 0.2) is 18.2 Å². The lowest BCUT2D eigenvalue weighted by Crippen LogP contribution is -2.22. The predicted octanol–water partition coefficient (Wildman–Crippen LogP) is 1.88. The maximum Gasteiger partial charge on any atom is 0.280 e. The number of hydrogen-bond donors (Lipinski definition) is 0. The van der Waals surface area contributed by atoms with E-state index in [1.807, 2.05) is 11.9 Å². The van der Waals surface area contributed by atoms with Crippen molar-refractivity contribution in [3.63, 3.8) is 0 Å². The second-order valence-electron chi connectivity index (χ2n) is 3.93. The third-order valence-corrected chi connectivity index (χ3v) is 2.63. The zero-order valence-corrected chi connectivity index (χ0v) is 10.7. The Labute approximate surface area is 105 Å². The van der Waals surface area contributed by atoms with Crippen molar-refractivity contribution in [2.45, 2.75) is 6.92 Å². The SMILES string of the molecule is COCCN(C)c1ccc([N+](=O)[O-])c(C(C)=O)c1. The normalized spacial score (nSPS) is 10.2. The summed E-state index contributed by atoms with van der Waals surface area (Å²) in [6, 6.07) is 4.52. The molecule has 0 N–H and O–H groups in total. The van der Waals surface area contributed by atoms with Gasteiger partial charge in [0.05, 0.1) is 17.1 Å². The van der Waals surface area contributed by atoms with E-state index in [0.717, 1.165) is 5.69 Å². The molecule has 0 unspecified atom stereocenters. The van der Waals surface area contributed by atoms with Gasteiger partial charge in [-0.2, -0.15) is 0 Å². The minimum absolute atomic E-state index is 0.127. The fraction of sp³-hybridized carbons (Fsp3) is 0.417. The number of carbonyl (C=O) groups excluding carboxylic acids is 1. The number of hydrogen-bond acceptors (Lipinski definition) is 5. The van der Waals surface area contributed by atoms with Crippen LogP contribution >= 0.6 is 0 Å². The van der Waals surface area contributed by atoms with Crippen LogP contribution in [0.25, 0.3) is 0 Å². The Morgan fingerprint density at radius 1 is 1.50 bits per heavy atom. The van der Waals surface area contributed by atoms with Gasteiger partial charge in [0.15, 0.2) is 5.78 Å². The number of likely N-dealkylation sites (N-methyl/N-ethyl adjacent to an activating group) is 1. The van der Waals surface area contributed by atoms with Gasteiger partial charge in [0.25, 0.3) is 5.69 Å². The van der Waals surface area contributed by atoms with Crippen molar-refractivity contribution in [2.24, 2.45) is 0 Å². The first-order chi connectivity index (χ1) is 8.47. The van der Waals surface area contributed by atoms with Crippen LogP contribution in [0.5, 0.6) is 0 Å². The zero-order chi connectivity index (χ0) is 13.7. The van der Waals surface area contributed by atoms with Gasteiger partial charge < -0.3 is 9.64 Å². The molecule has 0 aliphatic rings. The van der Waals surface area contributed by atoms with Crippen LogP contribution in [0.3, 0.4) is 0 Å². The molecule has 0 saturated carbocycles. The van der Waals surface area contributed by atoms with Crippen molar-refractivity contribution >= 4 is 17.2 Å². The number of Topliss-reactive ketones (excluding diaryl/α,β-unsaturated/α-hetero) is 1. The lowest BCUT2D eigenvalue weighted by molar-refractivity contribution is -0.385. The molecule has 0 amide bonds. The standard InChI is InChI=1S/C12H16N2O4/c1-9(15)11-8-10(13(2)6-7-18-3)4-5-12(11)14(16)17/h4-5,8H,6-7H2,1-3H3. The summed E-state index contributed by atoms with van der Waals surface area (Å²) in [4.78, 5) is 23.5. The number of benzene rings is 1. The Bertz CT molecular complexity index is 459. The summed E-state index contributed by atoms with van der Waals surface area (Å²) < 4.78 is 4.96. The minimum Gasteiger partial charge on any atom is -0.383 e. The summed E-state index contributed by atoms with van der Waals surface area (Å²) in [5, 5.41) is 10.8. The Morgan fingerprint density at radius 3 is 2.67 bits per heavy atom. The zero-order valence-electron chi connectivity index (χ0n) is 10.7. The molecule has 0 aliphatic heterocycles. The van der Waals surface area contributed by atoms with Crippen molar-refractivity contribution in [1.29, 1.82) is 0 Å². The van der Waals surface area contributed by atoms with Gasteiger partial charge in [0.2, 0.25) is 0 Å². The first-order valence-corrected chi connectivity index (χ1v) is 5.46. The third-order valence-electron chi connectivity index (χ3n) is 2.63. The smallest absolute Gasteiger partial charge is 0.280 e. The number of nitro groups is 1. The third kappa shape index (κ3) is 3.27. The Hall–Kier alpha value is -1.95. The molecule has 6 heteroatoms. The highest BCUT2D eigenvalue weighted by Crippen LogP contribution is 2.24. The van der Waals surface area contributed by atoms with Crippen LogP contribution < -0.4 is 4.90 Å². The lowest BCUT2D eigenvalue weighted by atomic mass is 10.1. The van der Waals surface area contributed by atoms with Gasteiger partial charge >= 0.3 is 0 Å². The summed E-state index contributed by atoms with van der Waals surface area (Å²) in [7, 11) is 3.44. The van der Waals surface area contributed by atoms with Gasteiger partial charge in [-0.1, -0.05) is 0 Å². The first kappa shape index (κ1) is 14.1. The molecule has 0 radical (unpaired) electrons. The second-order valence-corrected chi connectivity index (χ2v) is 3.93. The van der Waals surface area contributed by atoms with E-state index in [4.69, 9.17) is 4.74 Å². The summed E-state index contributed by atoms with van der Waals surface area (Å²) >= 11 is 0. The fourth-order valence-corrected chi connectivity index (χ4v) is 1.56. The molecule has 0 heterocycles. The number of nitro benzene ring substituents is 1. The molecular formula is C12H16N2O4. The largest absolute Gasteiger partial charge is 0.383 e. The highest BCUT2D eigenvalue weighted by molar-refractivity contribution is 5.99. The Kier molecular flexibility index (Phi) is 4.79. The van der Waals surface area contributed by atoms with E-state index < -0.39 is 4.92 Å². The summed E-state index contributed by atoms with van der Waals surface area (Å²) in [5.74, 6) is -0.316. The van der Waals surface area contributed by atoms with Gasteiger partial charge in [-0.05, 0) is 19.1 Å². The van der Waals surface area contributed by atoms with E-state index in [2.05, 4.69) is 0 Å². The van der Waals surface area contributed by atoms with Gasteiger partial charge in [0.1, 0.15) is 0 Å². The maximum absolute atomic E-state index is 11.4. The van der Waals surface area contributed by atoms with Crippen LogP contribution in [-0.2, 0) is 4.74 Å². The molecule has 0 fully saturated rings. The molecular weight excluding hydrogens is 236 g/mol. The molecule has 0 spiro atoms.